The maximum absolute atomic E-state index is 11.1. The standard InChI is InChI=1S/C11H26O4SSi/c1-8-10(15-16(5,12)13)9-14-17(6,7)11(2,3)4/h10H,8-9H2,1-7H3/t10-/m1/s1. The molecule has 0 aliphatic heterocycles. The van der Waals surface area contributed by atoms with Crippen LogP contribution in [0.25, 0.3) is 0 Å². The second kappa shape index (κ2) is 5.82. The second-order valence-corrected chi connectivity index (χ2v) is 12.3. The Morgan fingerprint density at radius 3 is 2.00 bits per heavy atom. The molecule has 0 N–H and O–H groups in total. The SMILES string of the molecule is CC[C@H](CO[Si](C)(C)C(C)(C)C)OS(C)(=O)=O. The Labute approximate surface area is 107 Å². The molecule has 0 aromatic carbocycles. The molecule has 0 saturated heterocycles. The number of rotatable bonds is 6. The zero-order valence-electron chi connectivity index (χ0n) is 12.0. The fourth-order valence-corrected chi connectivity index (χ4v) is 2.70. The Morgan fingerprint density at radius 2 is 1.71 bits per heavy atom. The van der Waals surface area contributed by atoms with Gasteiger partial charge in [0.25, 0.3) is 10.1 Å². The van der Waals surface area contributed by atoms with Gasteiger partial charge in [-0.15, -0.1) is 0 Å². The van der Waals surface area contributed by atoms with Gasteiger partial charge in [-0.3, -0.25) is 4.18 Å². The largest absolute Gasteiger partial charge is 0.414 e. The lowest BCUT2D eigenvalue weighted by Crippen LogP contribution is -2.43. The quantitative estimate of drug-likeness (QED) is 0.555. The summed E-state index contributed by atoms with van der Waals surface area (Å²) < 4.78 is 33.0. The number of hydrogen-bond acceptors (Lipinski definition) is 4. The summed E-state index contributed by atoms with van der Waals surface area (Å²) in [6, 6.07) is 0. The Hall–Kier alpha value is 0.0869. The summed E-state index contributed by atoms with van der Waals surface area (Å²) in [5, 5.41) is 0.121. The summed E-state index contributed by atoms with van der Waals surface area (Å²) in [4.78, 5) is 0. The highest BCUT2D eigenvalue weighted by Gasteiger charge is 2.37. The first kappa shape index (κ1) is 17.1. The van der Waals surface area contributed by atoms with Gasteiger partial charge in [-0.2, -0.15) is 8.42 Å². The molecule has 1 atom stereocenters. The van der Waals surface area contributed by atoms with Gasteiger partial charge in [-0.25, -0.2) is 0 Å². The summed E-state index contributed by atoms with van der Waals surface area (Å²) in [5.41, 5.74) is 0. The zero-order valence-corrected chi connectivity index (χ0v) is 13.8. The lowest BCUT2D eigenvalue weighted by atomic mass is 10.2. The fraction of sp³-hybridized carbons (Fsp3) is 1.00. The van der Waals surface area contributed by atoms with Gasteiger partial charge in [0.15, 0.2) is 8.32 Å². The summed E-state index contributed by atoms with van der Waals surface area (Å²) in [6.45, 7) is 13.0. The summed E-state index contributed by atoms with van der Waals surface area (Å²) in [7, 11) is -5.24. The molecule has 0 unspecified atom stereocenters. The Kier molecular flexibility index (Phi) is 5.85. The van der Waals surface area contributed by atoms with Crippen LogP contribution in [0, 0.1) is 0 Å². The van der Waals surface area contributed by atoms with Gasteiger partial charge in [0.2, 0.25) is 0 Å². The third-order valence-electron chi connectivity index (χ3n) is 3.20. The average Bonchev–Trinajstić information content (AvgIpc) is 2.08. The molecule has 0 aliphatic carbocycles. The fourth-order valence-electron chi connectivity index (χ4n) is 0.979. The van der Waals surface area contributed by atoms with E-state index in [4.69, 9.17) is 8.61 Å². The topological polar surface area (TPSA) is 52.6 Å². The molecule has 4 nitrogen and oxygen atoms in total. The highest BCUT2D eigenvalue weighted by Crippen LogP contribution is 2.36. The highest BCUT2D eigenvalue weighted by molar-refractivity contribution is 7.86. The van der Waals surface area contributed by atoms with Crippen LogP contribution in [0.1, 0.15) is 34.1 Å². The van der Waals surface area contributed by atoms with E-state index in [0.717, 1.165) is 6.26 Å². The van der Waals surface area contributed by atoms with E-state index in [-0.39, 0.29) is 11.1 Å². The van der Waals surface area contributed by atoms with Gasteiger partial charge < -0.3 is 4.43 Å². The normalized spacial score (nSPS) is 15.9. The molecule has 104 valence electrons. The molecular weight excluding hydrogens is 256 g/mol. The molecule has 0 heterocycles. The average molecular weight is 282 g/mol. The molecule has 0 radical (unpaired) electrons. The van der Waals surface area contributed by atoms with Crippen molar-refractivity contribution < 1.29 is 17.0 Å². The zero-order chi connectivity index (χ0) is 13.9. The molecule has 0 aromatic rings. The van der Waals surface area contributed by atoms with Crippen LogP contribution in [-0.2, 0) is 18.7 Å². The minimum absolute atomic E-state index is 0.121. The van der Waals surface area contributed by atoms with E-state index in [1.165, 1.54) is 0 Å². The monoisotopic (exact) mass is 282 g/mol. The van der Waals surface area contributed by atoms with Gasteiger partial charge in [-0.1, -0.05) is 27.7 Å². The van der Waals surface area contributed by atoms with E-state index in [2.05, 4.69) is 33.9 Å². The first-order valence-corrected chi connectivity index (χ1v) is 10.6. The molecule has 0 amide bonds. The van der Waals surface area contributed by atoms with E-state index in [1.54, 1.807) is 0 Å². The van der Waals surface area contributed by atoms with Crippen LogP contribution in [-0.4, -0.2) is 35.7 Å². The molecule has 0 aliphatic rings. The predicted molar refractivity (Wildman–Crippen MR) is 73.2 cm³/mol. The van der Waals surface area contributed by atoms with Crippen LogP contribution in [0.5, 0.6) is 0 Å². The molecule has 17 heavy (non-hydrogen) atoms. The lowest BCUT2D eigenvalue weighted by molar-refractivity contribution is 0.123. The van der Waals surface area contributed by atoms with Gasteiger partial charge >= 0.3 is 0 Å². The molecule has 0 fully saturated rings. The molecule has 0 bridgehead atoms. The van der Waals surface area contributed by atoms with E-state index >= 15 is 0 Å². The van der Waals surface area contributed by atoms with Crippen LogP contribution in [0.15, 0.2) is 0 Å². The first-order valence-electron chi connectivity index (χ1n) is 5.91. The minimum atomic E-state index is -3.40. The van der Waals surface area contributed by atoms with Crippen molar-refractivity contribution in [2.75, 3.05) is 12.9 Å². The third kappa shape index (κ3) is 6.54. The van der Waals surface area contributed by atoms with Gasteiger partial charge in [0, 0.05) is 0 Å². The molecule has 0 spiro atoms. The Morgan fingerprint density at radius 1 is 1.24 bits per heavy atom. The van der Waals surface area contributed by atoms with Crippen LogP contribution >= 0.6 is 0 Å². The molecule has 6 heteroatoms. The van der Waals surface area contributed by atoms with Crippen molar-refractivity contribution in [2.24, 2.45) is 0 Å². The summed E-state index contributed by atoms with van der Waals surface area (Å²) in [5.74, 6) is 0. The van der Waals surface area contributed by atoms with Crippen molar-refractivity contribution >= 4 is 18.4 Å². The molecule has 0 rings (SSSR count). The maximum atomic E-state index is 11.1. The van der Waals surface area contributed by atoms with E-state index in [9.17, 15) is 8.42 Å². The molecule has 0 saturated carbocycles. The van der Waals surface area contributed by atoms with Crippen LogP contribution in [0.4, 0.5) is 0 Å². The van der Waals surface area contributed by atoms with Crippen molar-refractivity contribution in [3.63, 3.8) is 0 Å². The highest BCUT2D eigenvalue weighted by atomic mass is 32.2. The summed E-state index contributed by atoms with van der Waals surface area (Å²) >= 11 is 0. The van der Waals surface area contributed by atoms with Crippen LogP contribution in [0.3, 0.4) is 0 Å². The number of hydrogen-bond donors (Lipinski definition) is 0. The second-order valence-electron chi connectivity index (χ2n) is 5.90. The lowest BCUT2D eigenvalue weighted by Gasteiger charge is -2.37. The van der Waals surface area contributed by atoms with Gasteiger partial charge in [-0.05, 0) is 24.6 Å². The Bertz CT molecular complexity index is 330. The van der Waals surface area contributed by atoms with E-state index in [1.807, 2.05) is 6.92 Å². The Balaban J connectivity index is 4.44. The van der Waals surface area contributed by atoms with Gasteiger partial charge in [0.1, 0.15) is 0 Å². The van der Waals surface area contributed by atoms with Crippen molar-refractivity contribution in [1.82, 2.24) is 0 Å². The van der Waals surface area contributed by atoms with Crippen LogP contribution in [0.2, 0.25) is 18.1 Å². The molecular formula is C11H26O4SSi. The van der Waals surface area contributed by atoms with Crippen molar-refractivity contribution in [3.05, 3.63) is 0 Å². The third-order valence-corrected chi connectivity index (χ3v) is 8.32. The predicted octanol–water partition coefficient (Wildman–Crippen LogP) is 2.76. The van der Waals surface area contributed by atoms with Crippen molar-refractivity contribution in [2.45, 2.75) is 58.4 Å². The maximum Gasteiger partial charge on any atom is 0.264 e. The van der Waals surface area contributed by atoms with Crippen LogP contribution < -0.4 is 0 Å². The van der Waals surface area contributed by atoms with E-state index < -0.39 is 18.4 Å². The van der Waals surface area contributed by atoms with Gasteiger partial charge in [0.05, 0.1) is 19.0 Å². The first-order chi connectivity index (χ1) is 7.39. The van der Waals surface area contributed by atoms with E-state index in [0.29, 0.717) is 13.0 Å². The summed E-state index contributed by atoms with van der Waals surface area (Å²) in [6.07, 6.45) is 1.32. The van der Waals surface area contributed by atoms with Crippen molar-refractivity contribution in [1.29, 1.82) is 0 Å². The smallest absolute Gasteiger partial charge is 0.264 e. The van der Waals surface area contributed by atoms with Crippen molar-refractivity contribution in [3.8, 4) is 0 Å². The minimum Gasteiger partial charge on any atom is -0.414 e. The molecule has 0 aromatic heterocycles.